The second-order valence-corrected chi connectivity index (χ2v) is 10.1. The Morgan fingerprint density at radius 1 is 1.00 bits per heavy atom. The summed E-state index contributed by atoms with van der Waals surface area (Å²) < 4.78 is 40.4. The van der Waals surface area contributed by atoms with Crippen molar-refractivity contribution in [3.8, 4) is 0 Å². The number of aliphatic imine (C=N–C) groups is 1. The highest BCUT2D eigenvalue weighted by Crippen LogP contribution is 2.43. The van der Waals surface area contributed by atoms with Gasteiger partial charge in [-0.05, 0) is 57.0 Å². The minimum absolute atomic E-state index is 0.00299. The Bertz CT molecular complexity index is 837. The highest BCUT2D eigenvalue weighted by Gasteiger charge is 2.52. The van der Waals surface area contributed by atoms with Crippen LogP contribution in [0.3, 0.4) is 0 Å². The van der Waals surface area contributed by atoms with Crippen LogP contribution in [-0.2, 0) is 6.18 Å². The van der Waals surface area contributed by atoms with Crippen molar-refractivity contribution in [2.24, 2.45) is 10.4 Å². The Balaban J connectivity index is 1.80. The van der Waals surface area contributed by atoms with Crippen molar-refractivity contribution in [2.75, 3.05) is 18.0 Å². The van der Waals surface area contributed by atoms with Crippen molar-refractivity contribution >= 4 is 28.7 Å². The number of likely N-dealkylation sites (tertiary alicyclic amines) is 1. The fourth-order valence-electron chi connectivity index (χ4n) is 5.35. The van der Waals surface area contributed by atoms with Gasteiger partial charge < -0.3 is 0 Å². The molecular weight excluding hydrogens is 419 g/mol. The zero-order valence-electron chi connectivity index (χ0n) is 18.4. The Morgan fingerprint density at radius 2 is 1.65 bits per heavy atom. The van der Waals surface area contributed by atoms with E-state index in [4.69, 9.17) is 17.2 Å². The van der Waals surface area contributed by atoms with Crippen LogP contribution in [0.1, 0.15) is 70.8 Å². The first-order valence-corrected chi connectivity index (χ1v) is 11.9. The summed E-state index contributed by atoms with van der Waals surface area (Å²) in [5.41, 5.74) is -0.556. The van der Waals surface area contributed by atoms with Crippen LogP contribution in [0.25, 0.3) is 0 Å². The van der Waals surface area contributed by atoms with E-state index in [0.29, 0.717) is 10.7 Å². The Hall–Kier alpha value is -1.47. The van der Waals surface area contributed by atoms with E-state index in [9.17, 15) is 13.2 Å². The van der Waals surface area contributed by atoms with Gasteiger partial charge in [-0.15, -0.1) is 0 Å². The monoisotopic (exact) mass is 451 g/mol. The predicted octanol–water partition coefficient (Wildman–Crippen LogP) is 6.46. The van der Waals surface area contributed by atoms with E-state index in [1.54, 1.807) is 6.07 Å². The molecule has 0 amide bonds. The third-order valence-electron chi connectivity index (χ3n) is 6.99. The average molecular weight is 452 g/mol. The van der Waals surface area contributed by atoms with Gasteiger partial charge >= 0.3 is 6.18 Å². The number of rotatable bonds is 3. The molecule has 0 aromatic heterocycles. The lowest BCUT2D eigenvalue weighted by molar-refractivity contribution is -0.137. The Kier molecular flexibility index (Phi) is 6.46. The van der Waals surface area contributed by atoms with Crippen LogP contribution in [0, 0.1) is 5.41 Å². The van der Waals surface area contributed by atoms with Gasteiger partial charge in [-0.25, -0.2) is 0 Å². The van der Waals surface area contributed by atoms with Crippen LogP contribution in [-0.4, -0.2) is 40.9 Å². The Morgan fingerprint density at radius 3 is 2.29 bits per heavy atom. The maximum Gasteiger partial charge on any atom is 0.416 e. The molecule has 3 nitrogen and oxygen atoms in total. The van der Waals surface area contributed by atoms with Gasteiger partial charge in [0.15, 0.2) is 0 Å². The van der Waals surface area contributed by atoms with Gasteiger partial charge in [-0.2, -0.15) is 13.2 Å². The number of piperidine rings is 1. The number of hydrogen-bond donors (Lipinski definition) is 0. The molecule has 0 N–H and O–H groups in total. The minimum atomic E-state index is -4.39. The topological polar surface area (TPSA) is 18.8 Å². The molecule has 2 heterocycles. The fourth-order valence-corrected chi connectivity index (χ4v) is 5.66. The number of alkyl halides is 3. The molecule has 2 saturated heterocycles. The third kappa shape index (κ3) is 4.54. The number of thiocarbonyl (C=S) groups is 1. The molecule has 0 spiro atoms. The third-order valence-corrected chi connectivity index (χ3v) is 7.70. The van der Waals surface area contributed by atoms with Crippen LogP contribution < -0.4 is 4.90 Å². The zero-order chi connectivity index (χ0) is 22.2. The fraction of sp³-hybridized carbons (Fsp3) is 0.667. The molecule has 2 aliphatic heterocycles. The number of halogens is 3. The van der Waals surface area contributed by atoms with Crippen molar-refractivity contribution < 1.29 is 13.2 Å². The normalized spacial score (nSPS) is 27.3. The van der Waals surface area contributed by atoms with Gasteiger partial charge in [0.2, 0.25) is 0 Å². The molecule has 3 aliphatic rings. The zero-order valence-corrected chi connectivity index (χ0v) is 19.2. The maximum absolute atomic E-state index is 13.5. The van der Waals surface area contributed by atoms with Gasteiger partial charge in [0.1, 0.15) is 5.84 Å². The number of amidine groups is 1. The molecule has 31 heavy (non-hydrogen) atoms. The summed E-state index contributed by atoms with van der Waals surface area (Å²) in [5.74, 6) is 0.850. The van der Waals surface area contributed by atoms with Crippen molar-refractivity contribution in [2.45, 2.75) is 83.5 Å². The van der Waals surface area contributed by atoms with Crippen LogP contribution in [0.4, 0.5) is 18.9 Å². The molecule has 1 aliphatic carbocycles. The molecule has 1 aromatic rings. The van der Waals surface area contributed by atoms with Gasteiger partial charge in [-0.1, -0.05) is 57.8 Å². The molecule has 4 rings (SSSR count). The van der Waals surface area contributed by atoms with Crippen molar-refractivity contribution in [3.05, 3.63) is 29.8 Å². The van der Waals surface area contributed by atoms with E-state index in [1.807, 2.05) is 4.90 Å². The van der Waals surface area contributed by atoms with Crippen LogP contribution in [0.5, 0.6) is 0 Å². The molecule has 1 atom stereocenters. The molecule has 3 fully saturated rings. The second kappa shape index (κ2) is 8.81. The number of hydrogen-bond acceptors (Lipinski definition) is 3. The Labute approximate surface area is 188 Å². The summed E-state index contributed by atoms with van der Waals surface area (Å²) in [6.07, 6.45) is 4.75. The summed E-state index contributed by atoms with van der Waals surface area (Å²) in [6.45, 7) is 6.21. The molecule has 7 heteroatoms. The van der Waals surface area contributed by atoms with Crippen LogP contribution in [0.2, 0.25) is 0 Å². The lowest BCUT2D eigenvalue weighted by Gasteiger charge is -2.38. The summed E-state index contributed by atoms with van der Waals surface area (Å²) in [5, 5.41) is 0. The molecule has 1 saturated carbocycles. The largest absolute Gasteiger partial charge is 0.416 e. The van der Waals surface area contributed by atoms with Crippen LogP contribution in [0.15, 0.2) is 29.3 Å². The number of nitrogens with zero attached hydrogens (tertiary/aromatic N) is 3. The lowest BCUT2D eigenvalue weighted by atomic mass is 9.85. The van der Waals surface area contributed by atoms with E-state index in [-0.39, 0.29) is 17.5 Å². The second-order valence-electron chi connectivity index (χ2n) is 9.69. The molecule has 1 aromatic carbocycles. The first-order valence-electron chi connectivity index (χ1n) is 11.5. The maximum atomic E-state index is 13.5. The average Bonchev–Trinajstić information content (AvgIpc) is 2.94. The van der Waals surface area contributed by atoms with Crippen molar-refractivity contribution in [1.82, 2.24) is 4.90 Å². The van der Waals surface area contributed by atoms with Gasteiger partial charge in [0.05, 0.1) is 22.6 Å². The molecule has 0 bridgehead atoms. The molecule has 0 radical (unpaired) electrons. The van der Waals surface area contributed by atoms with E-state index in [2.05, 4.69) is 18.7 Å². The quantitative estimate of drug-likeness (QED) is 0.491. The SMILES string of the molecule is CC1(C)C(=S)N(c2cccc(C(F)(F)F)c2)C(=NC2CCCCC2)[C@@H]1N1CCCCC1. The number of anilines is 1. The summed E-state index contributed by atoms with van der Waals surface area (Å²) in [6, 6.07) is 5.76. The van der Waals surface area contributed by atoms with E-state index >= 15 is 0 Å². The predicted molar refractivity (Wildman–Crippen MR) is 124 cm³/mol. The van der Waals surface area contributed by atoms with E-state index < -0.39 is 11.7 Å². The first-order chi connectivity index (χ1) is 14.7. The van der Waals surface area contributed by atoms with Gasteiger partial charge in [0.25, 0.3) is 0 Å². The van der Waals surface area contributed by atoms with Gasteiger partial charge in [0, 0.05) is 11.1 Å². The highest BCUT2D eigenvalue weighted by molar-refractivity contribution is 7.80. The molecular formula is C24H32F3N3S. The molecule has 0 unspecified atom stereocenters. The summed E-state index contributed by atoms with van der Waals surface area (Å²) >= 11 is 5.92. The molecule has 170 valence electrons. The van der Waals surface area contributed by atoms with Gasteiger partial charge in [-0.3, -0.25) is 14.8 Å². The first kappa shape index (κ1) is 22.7. The van der Waals surface area contributed by atoms with E-state index in [1.165, 1.54) is 25.0 Å². The van der Waals surface area contributed by atoms with Crippen molar-refractivity contribution in [1.29, 1.82) is 0 Å². The lowest BCUT2D eigenvalue weighted by Crippen LogP contribution is -2.50. The van der Waals surface area contributed by atoms with Crippen molar-refractivity contribution in [3.63, 3.8) is 0 Å². The standard InChI is InChI=1S/C24H32F3N3S/c1-23(2)20(29-14-7-4-8-15-29)21(28-18-11-5-3-6-12-18)30(22(23)31)19-13-9-10-17(16-19)24(25,26)27/h9-10,13,16,18,20H,3-8,11-12,14-15H2,1-2H3/t20-/m0/s1. The van der Waals surface area contributed by atoms with E-state index in [0.717, 1.165) is 63.5 Å². The highest BCUT2D eigenvalue weighted by atomic mass is 32.1. The smallest absolute Gasteiger partial charge is 0.293 e. The summed E-state index contributed by atoms with van der Waals surface area (Å²) in [4.78, 5) is 10.2. The van der Waals surface area contributed by atoms with Crippen LogP contribution >= 0.6 is 12.2 Å². The minimum Gasteiger partial charge on any atom is -0.293 e. The summed E-state index contributed by atoms with van der Waals surface area (Å²) in [7, 11) is 0. The number of benzene rings is 1.